The van der Waals surface area contributed by atoms with Crippen molar-refractivity contribution in [1.29, 1.82) is 0 Å². The maximum atomic E-state index is 4.10. The molecule has 0 fully saturated rings. The third-order valence-electron chi connectivity index (χ3n) is 1.84. The van der Waals surface area contributed by atoms with Crippen LogP contribution in [0.5, 0.6) is 0 Å². The molecule has 2 aromatic rings. The van der Waals surface area contributed by atoms with Crippen LogP contribution in [0.1, 0.15) is 18.9 Å². The molecule has 0 aromatic carbocycles. The Labute approximate surface area is 80.8 Å². The first-order chi connectivity index (χ1) is 6.40. The predicted molar refractivity (Wildman–Crippen MR) is 53.7 cm³/mol. The van der Waals surface area contributed by atoms with E-state index in [9.17, 15) is 0 Å². The second-order valence-corrected chi connectivity index (χ2v) is 3.81. The second kappa shape index (κ2) is 3.70. The van der Waals surface area contributed by atoms with E-state index in [1.807, 2.05) is 0 Å². The van der Waals surface area contributed by atoms with Crippen LogP contribution in [0.25, 0.3) is 10.7 Å². The van der Waals surface area contributed by atoms with Gasteiger partial charge in [0.15, 0.2) is 5.82 Å². The van der Waals surface area contributed by atoms with Gasteiger partial charge in [-0.15, -0.1) is 11.3 Å². The minimum absolute atomic E-state index is 0.868. The number of H-pyrrole nitrogens is 1. The lowest BCUT2D eigenvalue weighted by molar-refractivity contribution is 0.926. The van der Waals surface area contributed by atoms with E-state index in [1.54, 1.807) is 11.3 Å². The van der Waals surface area contributed by atoms with Crippen LogP contribution in [0.2, 0.25) is 0 Å². The van der Waals surface area contributed by atoms with Crippen LogP contribution in [-0.4, -0.2) is 15.2 Å². The Balaban J connectivity index is 2.23. The molecule has 0 saturated heterocycles. The maximum absolute atomic E-state index is 4.10. The van der Waals surface area contributed by atoms with Gasteiger partial charge >= 0.3 is 0 Å². The number of nitrogens with one attached hydrogen (secondary N) is 1. The number of aromatic nitrogens is 3. The van der Waals surface area contributed by atoms with Crippen molar-refractivity contribution >= 4 is 11.3 Å². The standard InChI is InChI=1S/C9H11N3S/c1-2-3-7-4-8(13-5-7)9-10-6-11-12-9/h4-6H,2-3H2,1H3,(H,10,11,12). The molecular weight excluding hydrogens is 182 g/mol. The summed E-state index contributed by atoms with van der Waals surface area (Å²) in [6, 6.07) is 2.18. The lowest BCUT2D eigenvalue weighted by Gasteiger charge is -1.88. The van der Waals surface area contributed by atoms with Crippen molar-refractivity contribution < 1.29 is 0 Å². The molecule has 0 saturated carbocycles. The molecule has 1 N–H and O–H groups in total. The molecule has 0 aliphatic heterocycles. The second-order valence-electron chi connectivity index (χ2n) is 2.90. The fourth-order valence-electron chi connectivity index (χ4n) is 1.24. The van der Waals surface area contributed by atoms with Gasteiger partial charge in [-0.3, -0.25) is 5.10 Å². The summed E-state index contributed by atoms with van der Waals surface area (Å²) >= 11 is 1.71. The first-order valence-corrected chi connectivity index (χ1v) is 5.21. The number of nitrogens with zero attached hydrogens (tertiary/aromatic N) is 2. The van der Waals surface area contributed by atoms with E-state index in [1.165, 1.54) is 23.2 Å². The van der Waals surface area contributed by atoms with Gasteiger partial charge in [-0.25, -0.2) is 4.98 Å². The van der Waals surface area contributed by atoms with Crippen LogP contribution in [0.3, 0.4) is 0 Å². The van der Waals surface area contributed by atoms with Crippen LogP contribution < -0.4 is 0 Å². The molecular formula is C9H11N3S. The topological polar surface area (TPSA) is 41.6 Å². The lowest BCUT2D eigenvalue weighted by Crippen LogP contribution is -1.77. The van der Waals surface area contributed by atoms with Crippen molar-refractivity contribution in [3.63, 3.8) is 0 Å². The van der Waals surface area contributed by atoms with Crippen molar-refractivity contribution in [2.45, 2.75) is 19.8 Å². The highest BCUT2D eigenvalue weighted by atomic mass is 32.1. The number of hydrogen-bond donors (Lipinski definition) is 1. The molecule has 0 aliphatic rings. The number of rotatable bonds is 3. The van der Waals surface area contributed by atoms with E-state index in [0.717, 1.165) is 12.2 Å². The van der Waals surface area contributed by atoms with E-state index < -0.39 is 0 Å². The Hall–Kier alpha value is -1.16. The molecule has 0 spiro atoms. The van der Waals surface area contributed by atoms with Gasteiger partial charge in [-0.1, -0.05) is 13.3 Å². The Morgan fingerprint density at radius 3 is 3.15 bits per heavy atom. The third kappa shape index (κ3) is 1.78. The molecule has 2 heterocycles. The molecule has 68 valence electrons. The normalized spacial score (nSPS) is 10.5. The number of hydrogen-bond acceptors (Lipinski definition) is 3. The van der Waals surface area contributed by atoms with Crippen LogP contribution in [0.4, 0.5) is 0 Å². The summed E-state index contributed by atoms with van der Waals surface area (Å²) in [5, 5.41) is 8.86. The zero-order chi connectivity index (χ0) is 9.10. The summed E-state index contributed by atoms with van der Waals surface area (Å²) in [6.07, 6.45) is 3.87. The Morgan fingerprint density at radius 1 is 1.54 bits per heavy atom. The van der Waals surface area contributed by atoms with Crippen LogP contribution in [-0.2, 0) is 6.42 Å². The van der Waals surface area contributed by atoms with Gasteiger partial charge in [0.05, 0.1) is 4.88 Å². The van der Waals surface area contributed by atoms with Crippen LogP contribution >= 0.6 is 11.3 Å². The van der Waals surface area contributed by atoms with Gasteiger partial charge in [0.25, 0.3) is 0 Å². The number of thiophene rings is 1. The lowest BCUT2D eigenvalue weighted by atomic mass is 10.2. The fraction of sp³-hybridized carbons (Fsp3) is 0.333. The quantitative estimate of drug-likeness (QED) is 0.813. The van der Waals surface area contributed by atoms with E-state index in [-0.39, 0.29) is 0 Å². The van der Waals surface area contributed by atoms with Crippen molar-refractivity contribution in [2.75, 3.05) is 0 Å². The third-order valence-corrected chi connectivity index (χ3v) is 2.83. The molecule has 0 radical (unpaired) electrons. The van der Waals surface area contributed by atoms with Crippen LogP contribution in [0.15, 0.2) is 17.8 Å². The monoisotopic (exact) mass is 193 g/mol. The van der Waals surface area contributed by atoms with Crippen molar-refractivity contribution in [3.05, 3.63) is 23.3 Å². The van der Waals surface area contributed by atoms with Gasteiger partial charge in [0.2, 0.25) is 0 Å². The highest BCUT2D eigenvalue weighted by Crippen LogP contribution is 2.24. The summed E-state index contributed by atoms with van der Waals surface area (Å²) < 4.78 is 0. The highest BCUT2D eigenvalue weighted by Gasteiger charge is 2.03. The molecule has 0 bridgehead atoms. The summed E-state index contributed by atoms with van der Waals surface area (Å²) in [5.74, 6) is 0.868. The van der Waals surface area contributed by atoms with E-state index in [2.05, 4.69) is 33.6 Å². The minimum Gasteiger partial charge on any atom is -0.259 e. The van der Waals surface area contributed by atoms with E-state index in [0.29, 0.717) is 0 Å². The number of aryl methyl sites for hydroxylation is 1. The highest BCUT2D eigenvalue weighted by molar-refractivity contribution is 7.13. The molecule has 3 nitrogen and oxygen atoms in total. The van der Waals surface area contributed by atoms with Crippen molar-refractivity contribution in [2.24, 2.45) is 0 Å². The Bertz CT molecular complexity index is 364. The first-order valence-electron chi connectivity index (χ1n) is 4.33. The van der Waals surface area contributed by atoms with Gasteiger partial charge in [-0.2, -0.15) is 5.10 Å². The maximum Gasteiger partial charge on any atom is 0.165 e. The molecule has 0 unspecified atom stereocenters. The summed E-state index contributed by atoms with van der Waals surface area (Å²) in [5.41, 5.74) is 1.39. The van der Waals surface area contributed by atoms with E-state index in [4.69, 9.17) is 0 Å². The molecule has 0 atom stereocenters. The SMILES string of the molecule is CCCc1csc(-c2ncn[nH]2)c1. The smallest absolute Gasteiger partial charge is 0.165 e. The predicted octanol–water partition coefficient (Wildman–Crippen LogP) is 2.49. The molecule has 0 aliphatic carbocycles. The molecule has 2 aromatic heterocycles. The Morgan fingerprint density at radius 2 is 2.46 bits per heavy atom. The van der Waals surface area contributed by atoms with Crippen molar-refractivity contribution in [1.82, 2.24) is 15.2 Å². The summed E-state index contributed by atoms with van der Waals surface area (Å²) in [7, 11) is 0. The zero-order valence-electron chi connectivity index (χ0n) is 7.45. The average molecular weight is 193 g/mol. The molecule has 4 heteroatoms. The van der Waals surface area contributed by atoms with Gasteiger partial charge in [-0.05, 0) is 23.4 Å². The largest absolute Gasteiger partial charge is 0.259 e. The van der Waals surface area contributed by atoms with Gasteiger partial charge < -0.3 is 0 Å². The van der Waals surface area contributed by atoms with Crippen molar-refractivity contribution in [3.8, 4) is 10.7 Å². The zero-order valence-corrected chi connectivity index (χ0v) is 8.27. The summed E-state index contributed by atoms with van der Waals surface area (Å²) in [6.45, 7) is 2.19. The minimum atomic E-state index is 0.868. The van der Waals surface area contributed by atoms with Crippen LogP contribution in [0, 0.1) is 0 Å². The molecule has 13 heavy (non-hydrogen) atoms. The summed E-state index contributed by atoms with van der Waals surface area (Å²) in [4.78, 5) is 5.27. The van der Waals surface area contributed by atoms with Gasteiger partial charge in [0.1, 0.15) is 6.33 Å². The molecule has 0 amide bonds. The van der Waals surface area contributed by atoms with E-state index >= 15 is 0 Å². The average Bonchev–Trinajstić information content (AvgIpc) is 2.70. The first kappa shape index (κ1) is 8.44. The van der Waals surface area contributed by atoms with Gasteiger partial charge in [0, 0.05) is 0 Å². The fourth-order valence-corrected chi connectivity index (χ4v) is 2.14. The Kier molecular flexibility index (Phi) is 2.40. The molecule has 2 rings (SSSR count). The number of aromatic amines is 1.